The Kier molecular flexibility index (Phi) is 10.4. The van der Waals surface area contributed by atoms with Gasteiger partial charge in [0.05, 0.1) is 0 Å². The first-order valence-electron chi connectivity index (χ1n) is 10.7. The van der Waals surface area contributed by atoms with E-state index >= 15 is 0 Å². The number of aryl methyl sites for hydroxylation is 2. The molecule has 32 heavy (non-hydrogen) atoms. The van der Waals surface area contributed by atoms with Gasteiger partial charge in [0.2, 0.25) is 5.91 Å². The van der Waals surface area contributed by atoms with Gasteiger partial charge in [-0.3, -0.25) is 4.79 Å². The van der Waals surface area contributed by atoms with Gasteiger partial charge in [-0.05, 0) is 23.9 Å². The molecule has 0 aliphatic carbocycles. The minimum atomic E-state index is -0.0352. The summed E-state index contributed by atoms with van der Waals surface area (Å²) in [5.74, 6) is 1.56. The molecule has 0 fully saturated rings. The summed E-state index contributed by atoms with van der Waals surface area (Å²) in [4.78, 5) is 17.9. The molecule has 9 nitrogen and oxygen atoms in total. The summed E-state index contributed by atoms with van der Waals surface area (Å²) in [5.41, 5.74) is 1.24. The second kappa shape index (κ2) is 13.0. The Morgan fingerprint density at radius 3 is 2.66 bits per heavy atom. The number of amides is 1. The van der Waals surface area contributed by atoms with Crippen LogP contribution in [-0.2, 0) is 24.3 Å². The van der Waals surface area contributed by atoms with Gasteiger partial charge >= 0.3 is 0 Å². The molecule has 2 N–H and O–H groups in total. The molecular weight excluding hydrogens is 519 g/mol. The Morgan fingerprint density at radius 1 is 1.09 bits per heavy atom. The van der Waals surface area contributed by atoms with E-state index < -0.39 is 0 Å². The van der Waals surface area contributed by atoms with Crippen molar-refractivity contribution in [2.45, 2.75) is 32.9 Å². The summed E-state index contributed by atoms with van der Waals surface area (Å²) >= 11 is 0. The maximum absolute atomic E-state index is 11.9. The van der Waals surface area contributed by atoms with Gasteiger partial charge < -0.3 is 24.7 Å². The van der Waals surface area contributed by atoms with Gasteiger partial charge in [-0.2, -0.15) is 0 Å². The summed E-state index contributed by atoms with van der Waals surface area (Å²) in [6.45, 7) is 5.22. The molecule has 174 valence electrons. The molecule has 0 bridgehead atoms. The van der Waals surface area contributed by atoms with Crippen molar-refractivity contribution < 1.29 is 4.79 Å². The number of guanidine groups is 1. The van der Waals surface area contributed by atoms with Crippen molar-refractivity contribution >= 4 is 46.7 Å². The molecule has 0 saturated carbocycles. The van der Waals surface area contributed by atoms with Gasteiger partial charge in [0.25, 0.3) is 0 Å². The third-order valence-corrected chi connectivity index (χ3v) is 5.08. The fourth-order valence-corrected chi connectivity index (χ4v) is 3.29. The predicted molar refractivity (Wildman–Crippen MR) is 138 cm³/mol. The number of para-hydroxylation sites is 1. The molecule has 1 aromatic carbocycles. The van der Waals surface area contributed by atoms with Gasteiger partial charge in [-0.1, -0.05) is 25.1 Å². The molecule has 1 amide bonds. The van der Waals surface area contributed by atoms with Crippen molar-refractivity contribution in [3.63, 3.8) is 0 Å². The Balaban J connectivity index is 0.00000363. The number of hydrogen-bond donors (Lipinski definition) is 2. The number of hydrogen-bond acceptors (Lipinski definition) is 4. The average Bonchev–Trinajstić information content (AvgIpc) is 3.40. The number of carbonyl (C=O) groups is 1. The number of fused-ring (bicyclic) bond motifs is 1. The molecule has 3 aromatic rings. The fourth-order valence-electron chi connectivity index (χ4n) is 3.29. The van der Waals surface area contributed by atoms with Crippen LogP contribution in [0.25, 0.3) is 10.9 Å². The van der Waals surface area contributed by atoms with Crippen molar-refractivity contribution in [2.75, 3.05) is 33.7 Å². The summed E-state index contributed by atoms with van der Waals surface area (Å²) in [6, 6.07) is 10.5. The molecule has 0 spiro atoms. The quantitative estimate of drug-likeness (QED) is 0.174. The van der Waals surface area contributed by atoms with Crippen LogP contribution in [0.5, 0.6) is 0 Å². The fraction of sp³-hybridized carbons (Fsp3) is 0.455. The highest BCUT2D eigenvalue weighted by Gasteiger charge is 2.06. The average molecular weight is 552 g/mol. The van der Waals surface area contributed by atoms with E-state index in [9.17, 15) is 4.79 Å². The standard InChI is InChI=1S/C22H32N8O.HI/c1-4-20-27-26-17-30(20)15-12-24-22(25-16-21(31)28(2)3)23-11-7-13-29-14-10-18-8-5-6-9-19(18)29;/h5-6,8-10,14,17H,4,7,11-13,15-16H2,1-3H3,(H2,23,24,25);1H. The number of benzene rings is 1. The van der Waals surface area contributed by atoms with Crippen LogP contribution in [0.1, 0.15) is 19.2 Å². The van der Waals surface area contributed by atoms with Crippen molar-refractivity contribution in [2.24, 2.45) is 4.99 Å². The number of halogens is 1. The third kappa shape index (κ3) is 7.21. The van der Waals surface area contributed by atoms with E-state index in [4.69, 9.17) is 0 Å². The maximum atomic E-state index is 11.9. The van der Waals surface area contributed by atoms with Gasteiger partial charge in [0.1, 0.15) is 18.7 Å². The first-order chi connectivity index (χ1) is 15.1. The first-order valence-corrected chi connectivity index (χ1v) is 10.7. The van der Waals surface area contributed by atoms with Gasteiger partial charge in [-0.25, -0.2) is 4.99 Å². The molecule has 10 heteroatoms. The lowest BCUT2D eigenvalue weighted by Gasteiger charge is -2.15. The Labute approximate surface area is 206 Å². The third-order valence-electron chi connectivity index (χ3n) is 5.08. The molecule has 0 saturated heterocycles. The first kappa shape index (κ1) is 25.6. The zero-order chi connectivity index (χ0) is 22.1. The lowest BCUT2D eigenvalue weighted by atomic mass is 10.2. The van der Waals surface area contributed by atoms with Crippen molar-refractivity contribution in [1.29, 1.82) is 0 Å². The molecule has 0 aliphatic heterocycles. The summed E-state index contributed by atoms with van der Waals surface area (Å²) < 4.78 is 4.28. The van der Waals surface area contributed by atoms with Crippen LogP contribution in [0.4, 0.5) is 0 Å². The van der Waals surface area contributed by atoms with E-state index in [0.29, 0.717) is 12.5 Å². The predicted octanol–water partition coefficient (Wildman–Crippen LogP) is 2.13. The smallest absolute Gasteiger partial charge is 0.243 e. The number of nitrogens with one attached hydrogen (secondary N) is 2. The van der Waals surface area contributed by atoms with E-state index in [1.807, 2.05) is 4.57 Å². The number of likely N-dealkylation sites (N-methyl/N-ethyl adjacent to an activating group) is 1. The van der Waals surface area contributed by atoms with Crippen LogP contribution >= 0.6 is 24.0 Å². The number of aromatic nitrogens is 4. The molecule has 0 atom stereocenters. The largest absolute Gasteiger partial charge is 0.356 e. The number of aliphatic imine (C=N–C) groups is 1. The zero-order valence-corrected chi connectivity index (χ0v) is 21.3. The molecule has 2 aromatic heterocycles. The highest BCUT2D eigenvalue weighted by atomic mass is 127. The van der Waals surface area contributed by atoms with Crippen molar-refractivity contribution in [3.8, 4) is 0 Å². The topological polar surface area (TPSA) is 92.4 Å². The molecule has 2 heterocycles. The van der Waals surface area contributed by atoms with Crippen LogP contribution in [0.2, 0.25) is 0 Å². The van der Waals surface area contributed by atoms with Crippen molar-refractivity contribution in [1.82, 2.24) is 34.9 Å². The lowest BCUT2D eigenvalue weighted by Crippen LogP contribution is -2.40. The second-order valence-electron chi connectivity index (χ2n) is 7.52. The molecule has 0 unspecified atom stereocenters. The van der Waals surface area contributed by atoms with Gasteiger partial charge in [-0.15, -0.1) is 34.2 Å². The van der Waals surface area contributed by atoms with E-state index in [1.165, 1.54) is 10.9 Å². The second-order valence-corrected chi connectivity index (χ2v) is 7.52. The SMILES string of the molecule is CCc1nncn1CCNC(=NCC(=O)N(C)C)NCCCn1ccc2ccccc21.I. The normalized spacial score (nSPS) is 11.3. The summed E-state index contributed by atoms with van der Waals surface area (Å²) in [5, 5.41) is 16.0. The van der Waals surface area contributed by atoms with Crippen LogP contribution < -0.4 is 10.6 Å². The van der Waals surface area contributed by atoms with Gasteiger partial charge in [0, 0.05) is 58.4 Å². The number of carbonyl (C=O) groups excluding carboxylic acids is 1. The zero-order valence-electron chi connectivity index (χ0n) is 19.0. The minimum Gasteiger partial charge on any atom is -0.356 e. The Bertz CT molecular complexity index is 1010. The summed E-state index contributed by atoms with van der Waals surface area (Å²) in [7, 11) is 3.47. The number of rotatable bonds is 10. The lowest BCUT2D eigenvalue weighted by molar-refractivity contribution is -0.127. The Morgan fingerprint density at radius 2 is 1.88 bits per heavy atom. The molecular formula is C22H33IN8O. The van der Waals surface area contributed by atoms with E-state index in [-0.39, 0.29) is 36.4 Å². The van der Waals surface area contributed by atoms with E-state index in [0.717, 1.165) is 38.3 Å². The monoisotopic (exact) mass is 552 g/mol. The van der Waals surface area contributed by atoms with Crippen molar-refractivity contribution in [3.05, 3.63) is 48.7 Å². The minimum absolute atomic E-state index is 0. The maximum Gasteiger partial charge on any atom is 0.243 e. The van der Waals surface area contributed by atoms with Crippen LogP contribution in [0.3, 0.4) is 0 Å². The van der Waals surface area contributed by atoms with Crippen LogP contribution in [0, 0.1) is 0 Å². The van der Waals surface area contributed by atoms with Crippen LogP contribution in [-0.4, -0.2) is 69.8 Å². The number of nitrogens with zero attached hydrogens (tertiary/aromatic N) is 6. The van der Waals surface area contributed by atoms with Crippen LogP contribution in [0.15, 0.2) is 47.8 Å². The highest BCUT2D eigenvalue weighted by Crippen LogP contribution is 2.15. The highest BCUT2D eigenvalue weighted by molar-refractivity contribution is 14.0. The Hall–Kier alpha value is -2.63. The summed E-state index contributed by atoms with van der Waals surface area (Å²) in [6.07, 6.45) is 5.64. The molecule has 0 aliphatic rings. The van der Waals surface area contributed by atoms with Gasteiger partial charge in [0.15, 0.2) is 5.96 Å². The van der Waals surface area contributed by atoms with E-state index in [2.05, 4.69) is 73.8 Å². The molecule has 0 radical (unpaired) electrons. The van der Waals surface area contributed by atoms with E-state index in [1.54, 1.807) is 25.3 Å². The molecule has 3 rings (SSSR count).